The van der Waals surface area contributed by atoms with Crippen LogP contribution in [0.5, 0.6) is 5.75 Å². The highest BCUT2D eigenvalue weighted by atomic mass is 35.5. The number of methoxy groups -OCH3 is 1. The summed E-state index contributed by atoms with van der Waals surface area (Å²) in [5.74, 6) is 1.02. The number of benzene rings is 1. The fourth-order valence-electron chi connectivity index (χ4n) is 4.73. The molecule has 1 aliphatic carbocycles. The summed E-state index contributed by atoms with van der Waals surface area (Å²) in [5, 5.41) is 3.23. The zero-order valence-electron chi connectivity index (χ0n) is 17.5. The minimum atomic E-state index is 0. The molecule has 7 heteroatoms. The Hall–Kier alpha value is -1.01. The topological polar surface area (TPSA) is 67.6 Å². The molecule has 1 saturated heterocycles. The summed E-state index contributed by atoms with van der Waals surface area (Å²) in [6, 6.07) is 8.44. The van der Waals surface area contributed by atoms with Gasteiger partial charge in [0.15, 0.2) is 0 Å². The number of likely N-dealkylation sites (tertiary alicyclic amines) is 1. The molecule has 29 heavy (non-hydrogen) atoms. The number of halogens is 2. The molecule has 2 aliphatic rings. The third-order valence-corrected chi connectivity index (χ3v) is 6.44. The van der Waals surface area contributed by atoms with E-state index in [1.165, 1.54) is 37.7 Å². The number of nitrogens with two attached hydrogens (primary N) is 1. The van der Waals surface area contributed by atoms with E-state index in [1.807, 2.05) is 12.1 Å². The molecule has 1 heterocycles. The van der Waals surface area contributed by atoms with Crippen LogP contribution in [0.25, 0.3) is 0 Å². The van der Waals surface area contributed by atoms with Crippen LogP contribution in [-0.2, 0) is 4.79 Å². The Morgan fingerprint density at radius 2 is 1.86 bits per heavy atom. The van der Waals surface area contributed by atoms with Gasteiger partial charge in [0.05, 0.1) is 13.2 Å². The molecule has 1 saturated carbocycles. The molecule has 1 atom stereocenters. The lowest BCUT2D eigenvalue weighted by molar-refractivity contribution is -0.124. The normalized spacial score (nSPS) is 19.5. The van der Waals surface area contributed by atoms with Crippen LogP contribution in [0.15, 0.2) is 24.3 Å². The summed E-state index contributed by atoms with van der Waals surface area (Å²) in [7, 11) is 1.70. The van der Waals surface area contributed by atoms with E-state index >= 15 is 0 Å². The molecule has 3 N–H and O–H groups in total. The first kappa shape index (κ1) is 26.0. The van der Waals surface area contributed by atoms with Gasteiger partial charge in [0.2, 0.25) is 5.91 Å². The summed E-state index contributed by atoms with van der Waals surface area (Å²) in [6.07, 6.45) is 8.86. The molecule has 3 rings (SSSR count). The molecule has 0 aromatic heterocycles. The van der Waals surface area contributed by atoms with Crippen molar-refractivity contribution in [1.29, 1.82) is 0 Å². The molecule has 166 valence electrons. The summed E-state index contributed by atoms with van der Waals surface area (Å²) in [6.45, 7) is 3.44. The van der Waals surface area contributed by atoms with Gasteiger partial charge in [-0.3, -0.25) is 9.69 Å². The highest BCUT2D eigenvalue weighted by Gasteiger charge is 2.33. The average molecular weight is 446 g/mol. The maximum Gasteiger partial charge on any atom is 0.220 e. The molecule has 0 radical (unpaired) electrons. The number of hydrogen-bond donors (Lipinski definition) is 2. The van der Waals surface area contributed by atoms with Crippen molar-refractivity contribution in [3.05, 3.63) is 29.8 Å². The molecule has 5 nitrogen and oxygen atoms in total. The minimum absolute atomic E-state index is 0. The van der Waals surface area contributed by atoms with Crippen LogP contribution in [0.1, 0.15) is 63.0 Å². The van der Waals surface area contributed by atoms with Gasteiger partial charge in [-0.05, 0) is 68.4 Å². The first-order chi connectivity index (χ1) is 13.2. The lowest BCUT2D eigenvalue weighted by atomic mass is 9.71. The molecule has 1 unspecified atom stereocenters. The number of carbonyl (C=O) groups excluding carboxylic acids is 1. The maximum absolute atomic E-state index is 12.7. The van der Waals surface area contributed by atoms with Crippen molar-refractivity contribution in [1.82, 2.24) is 10.2 Å². The van der Waals surface area contributed by atoms with E-state index in [1.54, 1.807) is 7.11 Å². The Morgan fingerprint density at radius 1 is 1.17 bits per heavy atom. The standard InChI is InChI=1S/C22H35N3O2.2ClH/c1-27-19-9-7-8-18(14-19)20(25-12-5-6-13-25)16-24-21(26)15-22(17-23)10-3-2-4-11-22;;/h7-9,14,20H,2-6,10-13,15-17,23H2,1H3,(H,24,26);2*1H. The number of hydrogen-bond acceptors (Lipinski definition) is 4. The lowest BCUT2D eigenvalue weighted by Gasteiger charge is -2.36. The second kappa shape index (κ2) is 12.6. The zero-order valence-corrected chi connectivity index (χ0v) is 19.2. The van der Waals surface area contributed by atoms with Crippen LogP contribution in [0.4, 0.5) is 0 Å². The summed E-state index contributed by atoms with van der Waals surface area (Å²) in [4.78, 5) is 15.2. The zero-order chi connectivity index (χ0) is 19.1. The van der Waals surface area contributed by atoms with Gasteiger partial charge in [-0.1, -0.05) is 31.4 Å². The van der Waals surface area contributed by atoms with Crippen LogP contribution in [0.3, 0.4) is 0 Å². The van der Waals surface area contributed by atoms with Crippen molar-refractivity contribution in [2.24, 2.45) is 11.1 Å². The van der Waals surface area contributed by atoms with Gasteiger partial charge in [-0.2, -0.15) is 0 Å². The van der Waals surface area contributed by atoms with E-state index in [0.717, 1.165) is 31.7 Å². The predicted octanol–water partition coefficient (Wildman–Crippen LogP) is 4.09. The van der Waals surface area contributed by atoms with Gasteiger partial charge in [0.25, 0.3) is 0 Å². The van der Waals surface area contributed by atoms with Crippen molar-refractivity contribution in [2.45, 2.75) is 57.4 Å². The van der Waals surface area contributed by atoms with E-state index < -0.39 is 0 Å². The first-order valence-corrected chi connectivity index (χ1v) is 10.5. The molecule has 1 aromatic carbocycles. The van der Waals surface area contributed by atoms with E-state index in [2.05, 4.69) is 22.3 Å². The Bertz CT molecular complexity index is 618. The SMILES string of the molecule is COc1cccc(C(CNC(=O)CC2(CN)CCCCC2)N2CCCC2)c1.Cl.Cl. The van der Waals surface area contributed by atoms with E-state index in [4.69, 9.17) is 10.5 Å². The Labute approximate surface area is 187 Å². The Kier molecular flexibility index (Phi) is 11.3. The molecule has 2 fully saturated rings. The average Bonchev–Trinajstić information content (AvgIpc) is 3.23. The number of nitrogens with zero attached hydrogens (tertiary/aromatic N) is 1. The Morgan fingerprint density at radius 3 is 2.48 bits per heavy atom. The van der Waals surface area contributed by atoms with Crippen molar-refractivity contribution >= 4 is 30.7 Å². The van der Waals surface area contributed by atoms with Crippen molar-refractivity contribution in [3.8, 4) is 5.75 Å². The number of amides is 1. The molecule has 1 aliphatic heterocycles. The Balaban J connectivity index is 0.00000210. The van der Waals surface area contributed by atoms with Crippen molar-refractivity contribution in [2.75, 3.05) is 33.3 Å². The second-order valence-corrected chi connectivity index (χ2v) is 8.28. The van der Waals surface area contributed by atoms with Crippen LogP contribution in [0, 0.1) is 5.41 Å². The fraction of sp³-hybridized carbons (Fsp3) is 0.682. The number of nitrogens with one attached hydrogen (secondary N) is 1. The number of ether oxygens (including phenoxy) is 1. The largest absolute Gasteiger partial charge is 0.497 e. The summed E-state index contributed by atoms with van der Waals surface area (Å²) in [5.41, 5.74) is 7.29. The third kappa shape index (κ3) is 7.02. The predicted molar refractivity (Wildman–Crippen MR) is 123 cm³/mol. The van der Waals surface area contributed by atoms with Gasteiger partial charge < -0.3 is 15.8 Å². The second-order valence-electron chi connectivity index (χ2n) is 8.28. The van der Waals surface area contributed by atoms with Crippen LogP contribution < -0.4 is 15.8 Å². The molecular weight excluding hydrogens is 409 g/mol. The van der Waals surface area contributed by atoms with Crippen LogP contribution >= 0.6 is 24.8 Å². The molecule has 1 amide bonds. The van der Waals surface area contributed by atoms with E-state index in [-0.39, 0.29) is 42.2 Å². The van der Waals surface area contributed by atoms with Gasteiger partial charge in [0, 0.05) is 13.0 Å². The maximum atomic E-state index is 12.7. The third-order valence-electron chi connectivity index (χ3n) is 6.44. The molecule has 0 spiro atoms. The molecule has 1 aromatic rings. The molecular formula is C22H37Cl2N3O2. The quantitative estimate of drug-likeness (QED) is 0.631. The van der Waals surface area contributed by atoms with Gasteiger partial charge in [-0.25, -0.2) is 0 Å². The lowest BCUT2D eigenvalue weighted by Crippen LogP contribution is -2.41. The smallest absolute Gasteiger partial charge is 0.220 e. The summed E-state index contributed by atoms with van der Waals surface area (Å²) < 4.78 is 5.40. The van der Waals surface area contributed by atoms with E-state index in [9.17, 15) is 4.79 Å². The van der Waals surface area contributed by atoms with Crippen LogP contribution in [0.2, 0.25) is 0 Å². The van der Waals surface area contributed by atoms with E-state index in [0.29, 0.717) is 19.5 Å². The van der Waals surface area contributed by atoms with Gasteiger partial charge >= 0.3 is 0 Å². The minimum Gasteiger partial charge on any atom is -0.497 e. The number of carbonyl (C=O) groups is 1. The monoisotopic (exact) mass is 445 g/mol. The summed E-state index contributed by atoms with van der Waals surface area (Å²) >= 11 is 0. The van der Waals surface area contributed by atoms with Crippen LogP contribution in [-0.4, -0.2) is 44.1 Å². The van der Waals surface area contributed by atoms with Gasteiger partial charge in [-0.15, -0.1) is 24.8 Å². The highest BCUT2D eigenvalue weighted by molar-refractivity contribution is 5.85. The van der Waals surface area contributed by atoms with Gasteiger partial charge in [0.1, 0.15) is 5.75 Å². The highest BCUT2D eigenvalue weighted by Crippen LogP contribution is 2.38. The number of rotatable bonds is 8. The fourth-order valence-corrected chi connectivity index (χ4v) is 4.73. The molecule has 0 bridgehead atoms. The first-order valence-electron chi connectivity index (χ1n) is 10.5. The van der Waals surface area contributed by atoms with Crippen molar-refractivity contribution in [3.63, 3.8) is 0 Å². The van der Waals surface area contributed by atoms with Crippen molar-refractivity contribution < 1.29 is 9.53 Å².